The minimum atomic E-state index is -1.08. The van der Waals surface area contributed by atoms with Crippen molar-refractivity contribution in [1.29, 1.82) is 0 Å². The van der Waals surface area contributed by atoms with E-state index in [-0.39, 0.29) is 27.6 Å². The number of aromatic amines is 1. The van der Waals surface area contributed by atoms with Crippen molar-refractivity contribution in [3.05, 3.63) is 76.5 Å². The number of fused-ring (bicyclic) bond motifs is 1. The third kappa shape index (κ3) is 3.96. The monoisotopic (exact) mass is 468 g/mol. The summed E-state index contributed by atoms with van der Waals surface area (Å²) in [6.07, 6.45) is 1.33. The molecule has 0 aliphatic heterocycles. The van der Waals surface area contributed by atoms with Gasteiger partial charge in [-0.3, -0.25) is 14.5 Å². The maximum atomic E-state index is 13.9. The van der Waals surface area contributed by atoms with E-state index in [0.29, 0.717) is 17.5 Å². The average molecular weight is 468 g/mol. The molecule has 33 heavy (non-hydrogen) atoms. The number of ether oxygens (including phenoxy) is 1. The van der Waals surface area contributed by atoms with E-state index in [1.807, 2.05) is 0 Å². The summed E-state index contributed by atoms with van der Waals surface area (Å²) >= 11 is 1.12. The van der Waals surface area contributed by atoms with Gasteiger partial charge in [-0.1, -0.05) is 16.9 Å². The molecule has 0 bridgehead atoms. The van der Waals surface area contributed by atoms with E-state index in [2.05, 4.69) is 25.3 Å². The van der Waals surface area contributed by atoms with E-state index in [4.69, 9.17) is 9.26 Å². The highest BCUT2D eigenvalue weighted by molar-refractivity contribution is 7.98. The summed E-state index contributed by atoms with van der Waals surface area (Å²) in [5.41, 5.74) is 0.658. The van der Waals surface area contributed by atoms with Crippen LogP contribution in [0, 0.1) is 11.6 Å². The van der Waals surface area contributed by atoms with Crippen LogP contribution < -0.4 is 10.3 Å². The topological polar surface area (TPSA) is 112 Å². The van der Waals surface area contributed by atoms with Gasteiger partial charge in [0.15, 0.2) is 22.4 Å². The van der Waals surface area contributed by atoms with Crippen molar-refractivity contribution in [3.8, 4) is 22.8 Å². The minimum Gasteiger partial charge on any atom is -0.497 e. The van der Waals surface area contributed by atoms with E-state index in [0.717, 1.165) is 29.5 Å². The molecular formula is C21H14F2N6O3S. The number of nitrogens with one attached hydrogen (secondary N) is 1. The van der Waals surface area contributed by atoms with E-state index in [1.54, 1.807) is 31.4 Å². The zero-order chi connectivity index (χ0) is 22.9. The third-order valence-electron chi connectivity index (χ3n) is 4.75. The Balaban J connectivity index is 1.47. The zero-order valence-corrected chi connectivity index (χ0v) is 17.8. The van der Waals surface area contributed by atoms with Gasteiger partial charge in [0.25, 0.3) is 5.56 Å². The van der Waals surface area contributed by atoms with Gasteiger partial charge in [0.05, 0.1) is 24.7 Å². The molecule has 1 N–H and O–H groups in total. The maximum Gasteiger partial charge on any atom is 0.269 e. The third-order valence-corrected chi connectivity index (χ3v) is 5.68. The Bertz CT molecular complexity index is 1510. The largest absolute Gasteiger partial charge is 0.497 e. The lowest BCUT2D eigenvalue weighted by Crippen LogP contribution is -2.21. The highest BCUT2D eigenvalue weighted by atomic mass is 32.2. The first-order valence-corrected chi connectivity index (χ1v) is 10.5. The number of thioether (sulfide) groups is 1. The number of halogens is 2. The summed E-state index contributed by atoms with van der Waals surface area (Å²) in [6.45, 7) is 0. The molecule has 0 unspecified atom stereocenters. The van der Waals surface area contributed by atoms with E-state index < -0.39 is 17.2 Å². The van der Waals surface area contributed by atoms with Gasteiger partial charge in [-0.25, -0.2) is 13.8 Å². The molecule has 166 valence electrons. The Labute approximate surface area is 188 Å². The summed E-state index contributed by atoms with van der Waals surface area (Å²) in [5, 5.41) is 10.9. The van der Waals surface area contributed by atoms with Crippen LogP contribution in [0.15, 0.2) is 63.1 Å². The Morgan fingerprint density at radius 3 is 2.70 bits per heavy atom. The van der Waals surface area contributed by atoms with Crippen LogP contribution in [-0.2, 0) is 5.75 Å². The normalized spacial score (nSPS) is 11.2. The highest BCUT2D eigenvalue weighted by Crippen LogP contribution is 2.26. The molecular weight excluding hydrogens is 454 g/mol. The molecule has 0 fully saturated rings. The number of rotatable bonds is 6. The first-order chi connectivity index (χ1) is 16.0. The first kappa shape index (κ1) is 20.8. The summed E-state index contributed by atoms with van der Waals surface area (Å²) in [5.74, 6) is -0.531. The van der Waals surface area contributed by atoms with Gasteiger partial charge in [0, 0.05) is 11.6 Å². The summed E-state index contributed by atoms with van der Waals surface area (Å²) in [4.78, 5) is 21.8. The number of aromatic nitrogens is 6. The van der Waals surface area contributed by atoms with Crippen LogP contribution in [-0.4, -0.2) is 37.0 Å². The Morgan fingerprint density at radius 2 is 1.94 bits per heavy atom. The lowest BCUT2D eigenvalue weighted by atomic mass is 10.2. The van der Waals surface area contributed by atoms with E-state index in [9.17, 15) is 13.6 Å². The maximum absolute atomic E-state index is 13.9. The fraction of sp³-hybridized carbons (Fsp3) is 0.0952. The summed E-state index contributed by atoms with van der Waals surface area (Å²) in [7, 11) is 1.58. The van der Waals surface area contributed by atoms with Crippen LogP contribution in [0.25, 0.3) is 28.1 Å². The molecule has 9 nitrogen and oxygen atoms in total. The van der Waals surface area contributed by atoms with Gasteiger partial charge in [-0.2, -0.15) is 10.1 Å². The molecule has 2 aromatic carbocycles. The van der Waals surface area contributed by atoms with Gasteiger partial charge >= 0.3 is 0 Å². The quantitative estimate of drug-likeness (QED) is 0.296. The first-order valence-electron chi connectivity index (χ1n) is 9.55. The van der Waals surface area contributed by atoms with Crippen LogP contribution in [0.4, 0.5) is 8.78 Å². The van der Waals surface area contributed by atoms with Gasteiger partial charge in [0.1, 0.15) is 11.1 Å². The summed E-state index contributed by atoms with van der Waals surface area (Å²) < 4.78 is 39.0. The highest BCUT2D eigenvalue weighted by Gasteiger charge is 2.18. The zero-order valence-electron chi connectivity index (χ0n) is 17.0. The number of nitrogens with zero attached hydrogens (tertiary/aromatic N) is 5. The van der Waals surface area contributed by atoms with Crippen molar-refractivity contribution in [2.24, 2.45) is 0 Å². The van der Waals surface area contributed by atoms with Crippen molar-refractivity contribution in [3.63, 3.8) is 0 Å². The van der Waals surface area contributed by atoms with Gasteiger partial charge in [-0.15, -0.1) is 0 Å². The number of H-pyrrole nitrogens is 1. The number of benzene rings is 2. The molecule has 0 atom stereocenters. The van der Waals surface area contributed by atoms with Crippen molar-refractivity contribution < 1.29 is 18.0 Å². The average Bonchev–Trinajstić information content (AvgIpc) is 3.50. The van der Waals surface area contributed by atoms with Crippen LogP contribution in [0.2, 0.25) is 0 Å². The lowest BCUT2D eigenvalue weighted by molar-refractivity contribution is 0.391. The van der Waals surface area contributed by atoms with Gasteiger partial charge < -0.3 is 9.26 Å². The fourth-order valence-electron chi connectivity index (χ4n) is 3.12. The predicted octanol–water partition coefficient (Wildman–Crippen LogP) is 3.74. The molecule has 0 saturated carbocycles. The molecule has 5 rings (SSSR count). The van der Waals surface area contributed by atoms with Crippen LogP contribution >= 0.6 is 11.8 Å². The van der Waals surface area contributed by atoms with Crippen molar-refractivity contribution >= 4 is 22.8 Å². The SMILES string of the molecule is COc1ccc(-c2noc(CSc3nc4[nH]ncc4c(=O)n3-c3ccc(F)c(F)c3)n2)cc1. The standard InChI is InChI=1S/C21H14F2N6O3S/c1-31-13-5-2-11(3-6-13)18-25-17(32-28-18)10-33-21-26-19-14(9-24-27-19)20(30)29(21)12-4-7-15(22)16(23)8-12/h2-9H,10H2,1H3,(H,24,27). The van der Waals surface area contributed by atoms with Crippen molar-refractivity contribution in [2.45, 2.75) is 10.9 Å². The number of hydrogen-bond acceptors (Lipinski definition) is 8. The van der Waals surface area contributed by atoms with E-state index >= 15 is 0 Å². The van der Waals surface area contributed by atoms with Gasteiger partial charge in [-0.05, 0) is 36.4 Å². The second-order valence-electron chi connectivity index (χ2n) is 6.79. The van der Waals surface area contributed by atoms with Gasteiger partial charge in [0.2, 0.25) is 11.7 Å². The van der Waals surface area contributed by atoms with Crippen molar-refractivity contribution in [2.75, 3.05) is 7.11 Å². The fourth-order valence-corrected chi connectivity index (χ4v) is 3.96. The van der Waals surface area contributed by atoms with Crippen molar-refractivity contribution in [1.82, 2.24) is 29.9 Å². The van der Waals surface area contributed by atoms with Crippen LogP contribution in [0.1, 0.15) is 5.89 Å². The molecule has 3 heterocycles. The summed E-state index contributed by atoms with van der Waals surface area (Å²) in [6, 6.07) is 10.3. The van der Waals surface area contributed by atoms with E-state index in [1.165, 1.54) is 16.8 Å². The molecule has 0 radical (unpaired) electrons. The van der Waals surface area contributed by atoms with Crippen LogP contribution in [0.5, 0.6) is 5.75 Å². The smallest absolute Gasteiger partial charge is 0.269 e. The second-order valence-corrected chi connectivity index (χ2v) is 7.74. The molecule has 5 aromatic rings. The molecule has 0 amide bonds. The lowest BCUT2D eigenvalue weighted by Gasteiger charge is -2.11. The minimum absolute atomic E-state index is 0.126. The Morgan fingerprint density at radius 1 is 1.12 bits per heavy atom. The predicted molar refractivity (Wildman–Crippen MR) is 115 cm³/mol. The van der Waals surface area contributed by atoms with Crippen LogP contribution in [0.3, 0.4) is 0 Å². The Kier molecular flexibility index (Phi) is 5.34. The molecule has 0 aliphatic carbocycles. The Hall–Kier alpha value is -4.06. The molecule has 0 spiro atoms. The molecule has 0 saturated heterocycles. The number of hydrogen-bond donors (Lipinski definition) is 1. The number of methoxy groups -OCH3 is 1. The molecule has 12 heteroatoms. The molecule has 0 aliphatic rings. The molecule has 3 aromatic heterocycles. The second kappa shape index (κ2) is 8.47.